The number of fused-ring (bicyclic) bond motifs is 1. The number of anilines is 1. The Hall–Kier alpha value is -3.33. The number of hydrogen-bond acceptors (Lipinski definition) is 7. The highest BCUT2D eigenvalue weighted by Crippen LogP contribution is 2.32. The molecule has 0 atom stereocenters. The number of amides is 1. The lowest BCUT2D eigenvalue weighted by Gasteiger charge is -2.23. The maximum atomic E-state index is 13.3. The summed E-state index contributed by atoms with van der Waals surface area (Å²) < 4.78 is 0. The van der Waals surface area contributed by atoms with E-state index in [4.69, 9.17) is 10.7 Å². The first-order chi connectivity index (χ1) is 16.5. The van der Waals surface area contributed by atoms with Crippen LogP contribution < -0.4 is 21.5 Å². The molecule has 0 radical (unpaired) electrons. The second kappa shape index (κ2) is 10.7. The molecule has 0 aliphatic carbocycles. The Morgan fingerprint density at radius 1 is 1.24 bits per heavy atom. The van der Waals surface area contributed by atoms with E-state index in [1.54, 1.807) is 12.4 Å². The molecular formula is C26H33N7O. The molecular weight excluding hydrogens is 426 g/mol. The molecule has 8 nitrogen and oxygen atoms in total. The highest BCUT2D eigenvalue weighted by molar-refractivity contribution is 5.98. The molecule has 178 valence electrons. The second-order valence-corrected chi connectivity index (χ2v) is 8.93. The van der Waals surface area contributed by atoms with Crippen LogP contribution in [-0.4, -0.2) is 47.0 Å². The lowest BCUT2D eigenvalue weighted by atomic mass is 10.0. The van der Waals surface area contributed by atoms with Crippen molar-refractivity contribution in [1.82, 2.24) is 25.6 Å². The fourth-order valence-electron chi connectivity index (χ4n) is 4.17. The lowest BCUT2D eigenvalue weighted by molar-refractivity contribution is 0.0950. The first-order valence-corrected chi connectivity index (χ1v) is 11.7. The number of nitrogens with zero attached hydrogens (tertiary/aromatic N) is 4. The summed E-state index contributed by atoms with van der Waals surface area (Å²) in [6, 6.07) is 14.3. The van der Waals surface area contributed by atoms with Crippen LogP contribution in [-0.2, 0) is 19.6 Å². The van der Waals surface area contributed by atoms with Crippen molar-refractivity contribution in [3.05, 3.63) is 77.1 Å². The summed E-state index contributed by atoms with van der Waals surface area (Å²) in [5.74, 6) is 0.694. The van der Waals surface area contributed by atoms with Crippen LogP contribution in [0.4, 0.5) is 5.82 Å². The van der Waals surface area contributed by atoms with E-state index in [1.807, 2.05) is 35.3 Å². The molecule has 1 aromatic carbocycles. The van der Waals surface area contributed by atoms with Gasteiger partial charge < -0.3 is 16.0 Å². The van der Waals surface area contributed by atoms with Gasteiger partial charge in [-0.2, -0.15) is 0 Å². The Kier molecular flexibility index (Phi) is 7.52. The number of benzene rings is 1. The van der Waals surface area contributed by atoms with Crippen LogP contribution in [0.1, 0.15) is 40.9 Å². The molecule has 3 heterocycles. The highest BCUT2D eigenvalue weighted by atomic mass is 16.1. The van der Waals surface area contributed by atoms with E-state index in [0.29, 0.717) is 25.2 Å². The molecule has 0 spiro atoms. The van der Waals surface area contributed by atoms with Gasteiger partial charge in [0.15, 0.2) is 0 Å². The molecule has 2 aromatic heterocycles. The molecule has 4 rings (SSSR count). The third-order valence-corrected chi connectivity index (χ3v) is 5.88. The van der Waals surface area contributed by atoms with E-state index in [2.05, 4.69) is 53.7 Å². The van der Waals surface area contributed by atoms with Crippen molar-refractivity contribution >= 4 is 11.7 Å². The normalized spacial score (nSPS) is 12.9. The summed E-state index contributed by atoms with van der Waals surface area (Å²) in [6.07, 6.45) is 3.49. The van der Waals surface area contributed by atoms with Gasteiger partial charge in [-0.25, -0.2) is 10.4 Å². The van der Waals surface area contributed by atoms with Gasteiger partial charge in [-0.3, -0.25) is 14.8 Å². The standard InChI is InChI=1S/C26H33N7O/c1-18(2)33-25-23(16-30-33)22(26(34)29-15-20-7-5-10-28-14-20)13-24(31-25)21-8-4-6-19(12-21)17-32(3)11-9-27/h4-8,10,12-14,18,30H,9,11,15-17,27H2,1-3H3,(H,29,34). The zero-order chi connectivity index (χ0) is 24.1. The number of rotatable bonds is 9. The van der Waals surface area contributed by atoms with Crippen LogP contribution in [0, 0.1) is 0 Å². The van der Waals surface area contributed by atoms with Crippen molar-refractivity contribution in [3.63, 3.8) is 0 Å². The van der Waals surface area contributed by atoms with Gasteiger partial charge >= 0.3 is 0 Å². The Morgan fingerprint density at radius 2 is 2.06 bits per heavy atom. The highest BCUT2D eigenvalue weighted by Gasteiger charge is 2.28. The summed E-state index contributed by atoms with van der Waals surface area (Å²) in [6.45, 7) is 7.45. The quantitative estimate of drug-likeness (QED) is 0.452. The molecule has 0 saturated carbocycles. The van der Waals surface area contributed by atoms with E-state index in [-0.39, 0.29) is 11.9 Å². The number of carbonyl (C=O) groups is 1. The SMILES string of the molecule is CC(C)N1NCc2c(C(=O)NCc3cccnc3)cc(-c3cccc(CN(C)CCN)c3)nc21. The largest absolute Gasteiger partial charge is 0.348 e. The molecule has 0 bridgehead atoms. The van der Waals surface area contributed by atoms with Crippen molar-refractivity contribution in [3.8, 4) is 11.3 Å². The van der Waals surface area contributed by atoms with E-state index in [0.717, 1.165) is 41.3 Å². The zero-order valence-corrected chi connectivity index (χ0v) is 20.1. The first-order valence-electron chi connectivity index (χ1n) is 11.7. The van der Waals surface area contributed by atoms with Crippen molar-refractivity contribution in [1.29, 1.82) is 0 Å². The van der Waals surface area contributed by atoms with Crippen LogP contribution in [0.5, 0.6) is 0 Å². The van der Waals surface area contributed by atoms with Gasteiger partial charge in [0, 0.05) is 67.8 Å². The Bertz CT molecular complexity index is 1130. The summed E-state index contributed by atoms with van der Waals surface area (Å²) in [7, 11) is 2.06. The van der Waals surface area contributed by atoms with Crippen molar-refractivity contribution in [2.45, 2.75) is 39.5 Å². The van der Waals surface area contributed by atoms with E-state index in [1.165, 1.54) is 5.56 Å². The monoisotopic (exact) mass is 459 g/mol. The van der Waals surface area contributed by atoms with Gasteiger partial charge in [0.1, 0.15) is 5.82 Å². The topological polar surface area (TPSA) is 99.4 Å². The number of nitrogens with one attached hydrogen (secondary N) is 2. The minimum Gasteiger partial charge on any atom is -0.348 e. The number of hydrazine groups is 1. The smallest absolute Gasteiger partial charge is 0.252 e. The third-order valence-electron chi connectivity index (χ3n) is 5.88. The van der Waals surface area contributed by atoms with Gasteiger partial charge in [0.2, 0.25) is 0 Å². The molecule has 1 aliphatic rings. The van der Waals surface area contributed by atoms with Crippen molar-refractivity contribution in [2.75, 3.05) is 25.1 Å². The molecule has 0 saturated heterocycles. The number of nitrogens with two attached hydrogens (primary N) is 1. The molecule has 4 N–H and O–H groups in total. The van der Waals surface area contributed by atoms with Crippen LogP contribution in [0.15, 0.2) is 54.9 Å². The maximum absolute atomic E-state index is 13.3. The van der Waals surface area contributed by atoms with Crippen LogP contribution in [0.2, 0.25) is 0 Å². The van der Waals surface area contributed by atoms with E-state index < -0.39 is 0 Å². The predicted octanol–water partition coefficient (Wildman–Crippen LogP) is 2.70. The van der Waals surface area contributed by atoms with Gasteiger partial charge in [-0.1, -0.05) is 24.3 Å². The predicted molar refractivity (Wildman–Crippen MR) is 135 cm³/mol. The minimum absolute atomic E-state index is 0.116. The summed E-state index contributed by atoms with van der Waals surface area (Å²) in [4.78, 5) is 24.6. The van der Waals surface area contributed by atoms with E-state index >= 15 is 0 Å². The molecule has 1 aliphatic heterocycles. The molecule has 0 unspecified atom stereocenters. The van der Waals surface area contributed by atoms with E-state index in [9.17, 15) is 4.79 Å². The number of carbonyl (C=O) groups excluding carboxylic acids is 1. The summed E-state index contributed by atoms with van der Waals surface area (Å²) in [5, 5.41) is 5.09. The number of likely N-dealkylation sites (N-methyl/N-ethyl adjacent to an activating group) is 1. The van der Waals surface area contributed by atoms with Crippen molar-refractivity contribution in [2.24, 2.45) is 5.73 Å². The molecule has 3 aromatic rings. The van der Waals surface area contributed by atoms with Gasteiger partial charge in [-0.15, -0.1) is 0 Å². The second-order valence-electron chi connectivity index (χ2n) is 8.93. The average Bonchev–Trinajstić information content (AvgIpc) is 3.27. The fourth-order valence-corrected chi connectivity index (χ4v) is 4.17. The lowest BCUT2D eigenvalue weighted by Crippen LogP contribution is -2.38. The fraction of sp³-hybridized carbons (Fsp3) is 0.346. The van der Waals surface area contributed by atoms with Crippen LogP contribution in [0.3, 0.4) is 0 Å². The summed E-state index contributed by atoms with van der Waals surface area (Å²) in [5.41, 5.74) is 14.5. The van der Waals surface area contributed by atoms with Gasteiger partial charge in [0.25, 0.3) is 5.91 Å². The maximum Gasteiger partial charge on any atom is 0.252 e. The average molecular weight is 460 g/mol. The summed E-state index contributed by atoms with van der Waals surface area (Å²) >= 11 is 0. The Morgan fingerprint density at radius 3 is 2.79 bits per heavy atom. The number of pyridine rings is 2. The molecule has 34 heavy (non-hydrogen) atoms. The third kappa shape index (κ3) is 5.41. The number of aromatic nitrogens is 2. The minimum atomic E-state index is -0.116. The molecule has 1 amide bonds. The van der Waals surface area contributed by atoms with Crippen molar-refractivity contribution < 1.29 is 4.79 Å². The van der Waals surface area contributed by atoms with Gasteiger partial charge in [0.05, 0.1) is 5.69 Å². The van der Waals surface area contributed by atoms with Gasteiger partial charge in [-0.05, 0) is 50.2 Å². The molecule has 8 heteroatoms. The number of hydrogen-bond donors (Lipinski definition) is 3. The van der Waals surface area contributed by atoms with Crippen LogP contribution >= 0.6 is 0 Å². The molecule has 0 fully saturated rings. The zero-order valence-electron chi connectivity index (χ0n) is 20.1. The Balaban J connectivity index is 1.67. The first kappa shape index (κ1) is 23.8. The Labute approximate surface area is 201 Å². The van der Waals surface area contributed by atoms with Crippen LogP contribution in [0.25, 0.3) is 11.3 Å².